The van der Waals surface area contributed by atoms with Gasteiger partial charge in [0.05, 0.1) is 6.61 Å². The lowest BCUT2D eigenvalue weighted by Crippen LogP contribution is -2.07. The molecule has 1 aromatic rings. The Hall–Kier alpha value is -0.730. The summed E-state index contributed by atoms with van der Waals surface area (Å²) in [6.07, 6.45) is 0.910. The number of halogens is 1. The van der Waals surface area contributed by atoms with E-state index in [-0.39, 0.29) is 12.4 Å². The molecule has 1 aromatic carbocycles. The molecule has 80 valence electrons. The molecule has 0 aromatic heterocycles. The van der Waals surface area contributed by atoms with Crippen LogP contribution in [0.2, 0.25) is 0 Å². The second-order valence-corrected chi connectivity index (χ2v) is 3.21. The second kappa shape index (κ2) is 6.68. The molecule has 0 aliphatic heterocycles. The molecule has 0 spiro atoms. The van der Waals surface area contributed by atoms with Gasteiger partial charge in [-0.15, -0.1) is 12.4 Å². The van der Waals surface area contributed by atoms with Crippen LogP contribution in [0.25, 0.3) is 0 Å². The zero-order chi connectivity index (χ0) is 9.68. The maximum atomic E-state index is 5.63. The zero-order valence-corrected chi connectivity index (χ0v) is 9.56. The number of rotatable bonds is 4. The van der Waals surface area contributed by atoms with Crippen LogP contribution >= 0.6 is 12.4 Å². The molecule has 0 fully saturated rings. The van der Waals surface area contributed by atoms with Crippen molar-refractivity contribution >= 4 is 12.4 Å². The van der Waals surface area contributed by atoms with Crippen molar-refractivity contribution < 1.29 is 4.74 Å². The van der Waals surface area contributed by atoms with Crippen molar-refractivity contribution in [3.63, 3.8) is 0 Å². The molecule has 14 heavy (non-hydrogen) atoms. The van der Waals surface area contributed by atoms with Gasteiger partial charge in [0.1, 0.15) is 5.75 Å². The third-order valence-corrected chi connectivity index (χ3v) is 2.00. The molecule has 0 aliphatic carbocycles. The van der Waals surface area contributed by atoms with Crippen molar-refractivity contribution in [1.82, 2.24) is 0 Å². The smallest absolute Gasteiger partial charge is 0.125 e. The van der Waals surface area contributed by atoms with Crippen molar-refractivity contribution in [2.24, 2.45) is 5.73 Å². The Morgan fingerprint density at radius 1 is 1.21 bits per heavy atom. The average Bonchev–Trinajstić information content (AvgIpc) is 2.10. The first-order valence-corrected chi connectivity index (χ1v) is 4.65. The lowest BCUT2D eigenvalue weighted by atomic mass is 10.1. The summed E-state index contributed by atoms with van der Waals surface area (Å²) in [6, 6.07) is 6.16. The molecular formula is C11H18ClNO. The van der Waals surface area contributed by atoms with E-state index in [0.29, 0.717) is 13.2 Å². The van der Waals surface area contributed by atoms with Gasteiger partial charge in [-0.05, 0) is 37.9 Å². The fraction of sp³-hybridized carbons (Fsp3) is 0.455. The highest BCUT2D eigenvalue weighted by Gasteiger charge is 2.01. The molecule has 0 amide bonds. The average molecular weight is 216 g/mol. The summed E-state index contributed by atoms with van der Waals surface area (Å²) in [7, 11) is 0. The van der Waals surface area contributed by atoms with Crippen molar-refractivity contribution in [2.75, 3.05) is 13.2 Å². The highest BCUT2D eigenvalue weighted by Crippen LogP contribution is 2.22. The van der Waals surface area contributed by atoms with Crippen LogP contribution < -0.4 is 10.5 Å². The van der Waals surface area contributed by atoms with Crippen LogP contribution in [0, 0.1) is 13.8 Å². The van der Waals surface area contributed by atoms with Crippen LogP contribution in [0.1, 0.15) is 17.5 Å². The second-order valence-electron chi connectivity index (χ2n) is 3.21. The van der Waals surface area contributed by atoms with E-state index in [1.807, 2.05) is 6.07 Å². The van der Waals surface area contributed by atoms with Crippen LogP contribution in [0.15, 0.2) is 18.2 Å². The summed E-state index contributed by atoms with van der Waals surface area (Å²) in [5.74, 6) is 1.01. The standard InChI is InChI=1S/C11H17NO.ClH/c1-9-5-3-6-10(2)11(9)13-8-4-7-12;/h3,5-6H,4,7-8,12H2,1-2H3;1H. The monoisotopic (exact) mass is 215 g/mol. The molecule has 0 heterocycles. The minimum Gasteiger partial charge on any atom is -0.493 e. The summed E-state index contributed by atoms with van der Waals surface area (Å²) >= 11 is 0. The first kappa shape index (κ1) is 13.3. The van der Waals surface area contributed by atoms with Crippen molar-refractivity contribution in [3.8, 4) is 5.75 Å². The number of hydrogen-bond donors (Lipinski definition) is 1. The van der Waals surface area contributed by atoms with Gasteiger partial charge in [-0.3, -0.25) is 0 Å². The first-order chi connectivity index (χ1) is 6.25. The Morgan fingerprint density at radius 3 is 2.29 bits per heavy atom. The van der Waals surface area contributed by atoms with Crippen LogP contribution in [0.3, 0.4) is 0 Å². The van der Waals surface area contributed by atoms with Gasteiger partial charge in [0.2, 0.25) is 0 Å². The molecule has 0 bridgehead atoms. The van der Waals surface area contributed by atoms with E-state index < -0.39 is 0 Å². The maximum Gasteiger partial charge on any atom is 0.125 e. The van der Waals surface area contributed by atoms with Gasteiger partial charge in [0.15, 0.2) is 0 Å². The minimum atomic E-state index is 0. The van der Waals surface area contributed by atoms with Crippen LogP contribution in [-0.4, -0.2) is 13.2 Å². The number of hydrogen-bond acceptors (Lipinski definition) is 2. The normalized spacial score (nSPS) is 9.36. The van der Waals surface area contributed by atoms with Gasteiger partial charge in [0.25, 0.3) is 0 Å². The predicted molar refractivity (Wildman–Crippen MR) is 62.3 cm³/mol. The molecule has 0 saturated carbocycles. The minimum absolute atomic E-state index is 0. The molecule has 0 radical (unpaired) electrons. The number of aryl methyl sites for hydroxylation is 2. The number of para-hydroxylation sites is 1. The Bertz CT molecular complexity index is 256. The SMILES string of the molecule is Cc1cccc(C)c1OCCCN.Cl. The van der Waals surface area contributed by atoms with E-state index in [1.54, 1.807) is 0 Å². The third kappa shape index (κ3) is 3.56. The van der Waals surface area contributed by atoms with E-state index >= 15 is 0 Å². The molecule has 1 rings (SSSR count). The lowest BCUT2D eigenvalue weighted by molar-refractivity contribution is 0.309. The topological polar surface area (TPSA) is 35.2 Å². The van der Waals surface area contributed by atoms with E-state index in [9.17, 15) is 0 Å². The van der Waals surface area contributed by atoms with E-state index in [0.717, 1.165) is 12.2 Å². The summed E-state index contributed by atoms with van der Waals surface area (Å²) in [4.78, 5) is 0. The van der Waals surface area contributed by atoms with Crippen molar-refractivity contribution in [3.05, 3.63) is 29.3 Å². The van der Waals surface area contributed by atoms with Gasteiger partial charge >= 0.3 is 0 Å². The third-order valence-electron chi connectivity index (χ3n) is 2.00. The maximum absolute atomic E-state index is 5.63. The molecule has 0 aliphatic rings. The van der Waals surface area contributed by atoms with Crippen molar-refractivity contribution in [2.45, 2.75) is 20.3 Å². The van der Waals surface area contributed by atoms with Gasteiger partial charge in [-0.2, -0.15) is 0 Å². The Balaban J connectivity index is 0.00000169. The first-order valence-electron chi connectivity index (χ1n) is 4.65. The van der Waals surface area contributed by atoms with Gasteiger partial charge in [-0.25, -0.2) is 0 Å². The molecular weight excluding hydrogens is 198 g/mol. The number of benzene rings is 1. The van der Waals surface area contributed by atoms with Crippen LogP contribution in [0.4, 0.5) is 0 Å². The molecule has 0 atom stereocenters. The summed E-state index contributed by atoms with van der Waals surface area (Å²) in [6.45, 7) is 5.52. The zero-order valence-electron chi connectivity index (χ0n) is 8.75. The highest BCUT2D eigenvalue weighted by molar-refractivity contribution is 5.85. The predicted octanol–water partition coefficient (Wildman–Crippen LogP) is 2.45. The molecule has 2 N–H and O–H groups in total. The van der Waals surface area contributed by atoms with Crippen LogP contribution in [-0.2, 0) is 0 Å². The Kier molecular flexibility index (Phi) is 6.34. The summed E-state index contributed by atoms with van der Waals surface area (Å²) in [5, 5.41) is 0. The van der Waals surface area contributed by atoms with Gasteiger partial charge in [-0.1, -0.05) is 18.2 Å². The molecule has 2 nitrogen and oxygen atoms in total. The van der Waals surface area contributed by atoms with Crippen molar-refractivity contribution in [1.29, 1.82) is 0 Å². The lowest BCUT2D eigenvalue weighted by Gasteiger charge is -2.10. The molecule has 3 heteroatoms. The molecule has 0 saturated heterocycles. The van der Waals surface area contributed by atoms with Gasteiger partial charge < -0.3 is 10.5 Å². The summed E-state index contributed by atoms with van der Waals surface area (Å²) in [5.41, 5.74) is 7.77. The highest BCUT2D eigenvalue weighted by atomic mass is 35.5. The van der Waals surface area contributed by atoms with Gasteiger partial charge in [0, 0.05) is 0 Å². The Labute approximate surface area is 91.9 Å². The number of nitrogens with two attached hydrogens (primary N) is 1. The Morgan fingerprint density at radius 2 is 1.79 bits per heavy atom. The molecule has 0 unspecified atom stereocenters. The quantitative estimate of drug-likeness (QED) is 0.784. The van der Waals surface area contributed by atoms with Crippen LogP contribution in [0.5, 0.6) is 5.75 Å². The largest absolute Gasteiger partial charge is 0.493 e. The number of ether oxygens (including phenoxy) is 1. The fourth-order valence-corrected chi connectivity index (χ4v) is 1.28. The van der Waals surface area contributed by atoms with E-state index in [2.05, 4.69) is 26.0 Å². The van der Waals surface area contributed by atoms with E-state index in [1.165, 1.54) is 11.1 Å². The van der Waals surface area contributed by atoms with E-state index in [4.69, 9.17) is 10.5 Å². The fourth-order valence-electron chi connectivity index (χ4n) is 1.28. The summed E-state index contributed by atoms with van der Waals surface area (Å²) < 4.78 is 5.63.